The van der Waals surface area contributed by atoms with Gasteiger partial charge >= 0.3 is 12.1 Å². The van der Waals surface area contributed by atoms with Crippen LogP contribution in [-0.2, 0) is 26.0 Å². The number of halogens is 3. The summed E-state index contributed by atoms with van der Waals surface area (Å²) in [6.07, 6.45) is -1.95. The molecule has 0 heterocycles. The van der Waals surface area contributed by atoms with Gasteiger partial charge in [-0.2, -0.15) is 13.2 Å². The van der Waals surface area contributed by atoms with Crippen molar-refractivity contribution in [2.75, 3.05) is 20.6 Å². The molecule has 1 atom stereocenters. The van der Waals surface area contributed by atoms with Gasteiger partial charge in [-0.05, 0) is 36.9 Å². The number of likely N-dealkylation sites (N-methyl/N-ethyl adjacent to an activating group) is 1. The van der Waals surface area contributed by atoms with E-state index in [0.717, 1.165) is 12.1 Å². The Kier molecular flexibility index (Phi) is 16.5. The standard InChI is InChI=1S/C23H31F3N2O4.C3H8.CH5N/c1-14(2)19(20(30)28(6)11-10-15(3)21(31)32)27-18(29)13-22(4,5)16-8-7-9-17(12-16)23(24,25)26;1-3-2;1-2/h7-10,12,14,19H,11,13H2,1-6H3,(H,27,29)(H,31,32);3H2,1-2H3;2H2,1H3/b15-10+;;. The van der Waals surface area contributed by atoms with Crippen LogP contribution in [-0.4, -0.2) is 54.5 Å². The summed E-state index contributed by atoms with van der Waals surface area (Å²) in [5.41, 5.74) is 3.27. The first kappa shape index (κ1) is 36.3. The van der Waals surface area contributed by atoms with Crippen LogP contribution in [0.3, 0.4) is 0 Å². The molecule has 0 radical (unpaired) electrons. The van der Waals surface area contributed by atoms with Gasteiger partial charge in [-0.1, -0.05) is 72.2 Å². The number of carboxylic acids is 1. The zero-order valence-corrected chi connectivity index (χ0v) is 23.5. The number of aliphatic carboxylic acids is 1. The summed E-state index contributed by atoms with van der Waals surface area (Å²) in [7, 11) is 3.00. The van der Waals surface area contributed by atoms with Gasteiger partial charge in [0.2, 0.25) is 11.8 Å². The van der Waals surface area contributed by atoms with E-state index >= 15 is 0 Å². The van der Waals surface area contributed by atoms with Crippen molar-refractivity contribution in [1.82, 2.24) is 10.2 Å². The minimum absolute atomic E-state index is 0.0613. The fraction of sp³-hybridized carbons (Fsp3) is 0.593. The molecule has 0 saturated heterocycles. The molecule has 7 nitrogen and oxygen atoms in total. The highest BCUT2D eigenvalue weighted by Gasteiger charge is 2.34. The van der Waals surface area contributed by atoms with Crippen LogP contribution in [0, 0.1) is 5.92 Å². The van der Waals surface area contributed by atoms with E-state index in [1.807, 2.05) is 0 Å². The fourth-order valence-electron chi connectivity index (χ4n) is 3.05. The van der Waals surface area contributed by atoms with Gasteiger partial charge in [0.15, 0.2) is 0 Å². The number of hydrogen-bond acceptors (Lipinski definition) is 4. The van der Waals surface area contributed by atoms with Crippen LogP contribution in [0.1, 0.15) is 72.4 Å². The average Bonchev–Trinajstić information content (AvgIpc) is 2.81. The molecule has 0 aliphatic heterocycles. The zero-order chi connectivity index (χ0) is 29.6. The van der Waals surface area contributed by atoms with Crippen molar-refractivity contribution >= 4 is 17.8 Å². The van der Waals surface area contributed by atoms with Crippen LogP contribution in [0.5, 0.6) is 0 Å². The minimum atomic E-state index is -4.48. The number of rotatable bonds is 9. The van der Waals surface area contributed by atoms with E-state index in [0.29, 0.717) is 5.56 Å². The number of nitrogens with one attached hydrogen (secondary N) is 1. The van der Waals surface area contributed by atoms with Gasteiger partial charge in [-0.25, -0.2) is 4.79 Å². The third kappa shape index (κ3) is 13.3. The van der Waals surface area contributed by atoms with Gasteiger partial charge in [0.05, 0.1) is 5.56 Å². The SMILES string of the molecule is C/C(=C\CN(C)C(=O)C(NC(=O)CC(C)(C)c1cccc(C(F)(F)F)c1)C(C)C)C(=O)O.CCC.CN. The van der Waals surface area contributed by atoms with E-state index in [1.54, 1.807) is 33.8 Å². The molecule has 1 unspecified atom stereocenters. The molecule has 10 heteroatoms. The Morgan fingerprint density at radius 2 is 1.59 bits per heavy atom. The number of alkyl halides is 3. The van der Waals surface area contributed by atoms with Crippen LogP contribution in [0.2, 0.25) is 0 Å². The summed E-state index contributed by atoms with van der Waals surface area (Å²) in [4.78, 5) is 37.7. The normalized spacial score (nSPS) is 12.4. The predicted octanol–water partition coefficient (Wildman–Crippen LogP) is 4.99. The summed E-state index contributed by atoms with van der Waals surface area (Å²) in [6, 6.07) is 3.99. The molecule has 1 aromatic carbocycles. The Bertz CT molecular complexity index is 897. The smallest absolute Gasteiger partial charge is 0.416 e. The lowest BCUT2D eigenvalue weighted by molar-refractivity contribution is -0.138. The minimum Gasteiger partial charge on any atom is -0.478 e. The summed E-state index contributed by atoms with van der Waals surface area (Å²) in [6.45, 7) is 12.6. The van der Waals surface area contributed by atoms with Crippen molar-refractivity contribution in [1.29, 1.82) is 0 Å². The second-order valence-corrected chi connectivity index (χ2v) is 9.55. The Labute approximate surface area is 219 Å². The van der Waals surface area contributed by atoms with Crippen molar-refractivity contribution in [3.8, 4) is 0 Å². The van der Waals surface area contributed by atoms with Gasteiger partial charge < -0.3 is 21.1 Å². The lowest BCUT2D eigenvalue weighted by Crippen LogP contribution is -2.51. The van der Waals surface area contributed by atoms with E-state index in [4.69, 9.17) is 5.11 Å². The second kappa shape index (κ2) is 16.8. The molecule has 0 aliphatic rings. The zero-order valence-electron chi connectivity index (χ0n) is 23.5. The fourth-order valence-corrected chi connectivity index (χ4v) is 3.05. The van der Waals surface area contributed by atoms with Crippen molar-refractivity contribution in [3.63, 3.8) is 0 Å². The monoisotopic (exact) mass is 531 g/mol. The maximum atomic E-state index is 13.0. The van der Waals surface area contributed by atoms with Crippen LogP contribution in [0.15, 0.2) is 35.9 Å². The summed E-state index contributed by atoms with van der Waals surface area (Å²) >= 11 is 0. The molecule has 212 valence electrons. The molecule has 1 rings (SSSR count). The molecular formula is C27H44F3N3O4. The molecule has 0 spiro atoms. The Morgan fingerprint density at radius 1 is 1.11 bits per heavy atom. The van der Waals surface area contributed by atoms with E-state index < -0.39 is 35.1 Å². The second-order valence-electron chi connectivity index (χ2n) is 9.55. The number of hydrogen-bond donors (Lipinski definition) is 3. The molecule has 0 aromatic heterocycles. The Balaban J connectivity index is 0. The van der Waals surface area contributed by atoms with E-state index in [1.165, 1.54) is 44.5 Å². The van der Waals surface area contributed by atoms with E-state index in [9.17, 15) is 27.6 Å². The summed E-state index contributed by atoms with van der Waals surface area (Å²) in [5, 5.41) is 11.6. The quantitative estimate of drug-likeness (QED) is 0.389. The summed E-state index contributed by atoms with van der Waals surface area (Å²) in [5.74, 6) is -2.20. The lowest BCUT2D eigenvalue weighted by Gasteiger charge is -2.29. The largest absolute Gasteiger partial charge is 0.478 e. The van der Waals surface area contributed by atoms with Crippen LogP contribution in [0.4, 0.5) is 13.2 Å². The van der Waals surface area contributed by atoms with Crippen molar-refractivity contribution in [3.05, 3.63) is 47.0 Å². The average molecular weight is 532 g/mol. The molecule has 0 saturated carbocycles. The molecule has 37 heavy (non-hydrogen) atoms. The van der Waals surface area contributed by atoms with Crippen molar-refractivity contribution < 1.29 is 32.7 Å². The lowest BCUT2D eigenvalue weighted by atomic mass is 9.80. The number of carboxylic acid groups (broad SMARTS) is 1. The van der Waals surface area contributed by atoms with Crippen molar-refractivity contribution in [2.24, 2.45) is 11.7 Å². The van der Waals surface area contributed by atoms with Gasteiger partial charge in [0.1, 0.15) is 6.04 Å². The van der Waals surface area contributed by atoms with Crippen LogP contribution >= 0.6 is 0 Å². The number of benzene rings is 1. The third-order valence-electron chi connectivity index (χ3n) is 5.21. The molecule has 0 bridgehead atoms. The van der Waals surface area contributed by atoms with Gasteiger partial charge in [0.25, 0.3) is 0 Å². The molecule has 1 aromatic rings. The number of carbonyl (C=O) groups excluding carboxylic acids is 2. The number of amides is 2. The third-order valence-corrected chi connectivity index (χ3v) is 5.21. The van der Waals surface area contributed by atoms with Crippen LogP contribution in [0.25, 0.3) is 0 Å². The molecule has 0 aliphatic carbocycles. The molecule has 4 N–H and O–H groups in total. The van der Waals surface area contributed by atoms with Gasteiger partial charge in [-0.15, -0.1) is 0 Å². The molecular weight excluding hydrogens is 487 g/mol. The van der Waals surface area contributed by atoms with Crippen molar-refractivity contribution in [2.45, 2.75) is 78.9 Å². The predicted molar refractivity (Wildman–Crippen MR) is 141 cm³/mol. The Morgan fingerprint density at radius 3 is 2.03 bits per heavy atom. The topological polar surface area (TPSA) is 113 Å². The number of nitrogens with zero attached hydrogens (tertiary/aromatic N) is 1. The number of nitrogens with two attached hydrogens (primary N) is 1. The van der Waals surface area contributed by atoms with Gasteiger partial charge in [0, 0.05) is 25.6 Å². The maximum Gasteiger partial charge on any atom is 0.416 e. The van der Waals surface area contributed by atoms with Gasteiger partial charge in [-0.3, -0.25) is 9.59 Å². The van der Waals surface area contributed by atoms with Crippen LogP contribution < -0.4 is 11.1 Å². The highest BCUT2D eigenvalue weighted by Crippen LogP contribution is 2.34. The maximum absolute atomic E-state index is 13.0. The molecule has 2 amide bonds. The first-order chi connectivity index (χ1) is 17.0. The summed E-state index contributed by atoms with van der Waals surface area (Å²) < 4.78 is 39.1. The first-order valence-corrected chi connectivity index (χ1v) is 12.2. The molecule has 0 fully saturated rings. The van der Waals surface area contributed by atoms with E-state index in [2.05, 4.69) is 24.9 Å². The number of carbonyl (C=O) groups is 3. The van der Waals surface area contributed by atoms with E-state index in [-0.39, 0.29) is 30.4 Å². The Hall–Kier alpha value is -2.88. The highest BCUT2D eigenvalue weighted by atomic mass is 19.4. The first-order valence-electron chi connectivity index (χ1n) is 12.2. The highest BCUT2D eigenvalue weighted by molar-refractivity contribution is 5.89.